The minimum absolute atomic E-state index is 0.0277. The van der Waals surface area contributed by atoms with Gasteiger partial charge in [0.05, 0.1) is 4.90 Å². The van der Waals surface area contributed by atoms with Crippen LogP contribution in [-0.4, -0.2) is 57.7 Å². The largest absolute Gasteiger partial charge is 0.383 e. The molecule has 120 valence electrons. The lowest BCUT2D eigenvalue weighted by molar-refractivity contribution is 0.416. The van der Waals surface area contributed by atoms with E-state index in [0.717, 1.165) is 6.54 Å². The van der Waals surface area contributed by atoms with Crippen molar-refractivity contribution in [3.8, 4) is 0 Å². The van der Waals surface area contributed by atoms with Gasteiger partial charge in [-0.2, -0.15) is 5.10 Å². The number of benzene rings is 1. The Balaban J connectivity index is 2.42. The Morgan fingerprint density at radius 1 is 1.14 bits per heavy atom. The molecule has 0 radical (unpaired) electrons. The van der Waals surface area contributed by atoms with Gasteiger partial charge in [0, 0.05) is 20.1 Å². The summed E-state index contributed by atoms with van der Waals surface area (Å²) in [5.74, 6) is 0.388. The van der Waals surface area contributed by atoms with E-state index in [1.807, 2.05) is 19.0 Å². The molecule has 2 rings (SSSR count). The molecule has 1 aromatic heterocycles. The van der Waals surface area contributed by atoms with Gasteiger partial charge in [0.25, 0.3) is 0 Å². The maximum Gasteiger partial charge on any atom is 0.213 e. The van der Waals surface area contributed by atoms with Gasteiger partial charge >= 0.3 is 0 Å². The highest BCUT2D eigenvalue weighted by Crippen LogP contribution is 2.32. The number of H-pyrrole nitrogens is 1. The van der Waals surface area contributed by atoms with Gasteiger partial charge in [-0.3, -0.25) is 5.10 Å². The zero-order chi connectivity index (χ0) is 16.3. The van der Waals surface area contributed by atoms with Crippen molar-refractivity contribution in [3.63, 3.8) is 0 Å². The van der Waals surface area contributed by atoms with E-state index in [-0.39, 0.29) is 15.6 Å². The predicted octanol–water partition coefficient (Wildman–Crippen LogP) is 0.823. The van der Waals surface area contributed by atoms with Gasteiger partial charge in [0.15, 0.2) is 10.7 Å². The smallest absolute Gasteiger partial charge is 0.213 e. The number of anilines is 2. The van der Waals surface area contributed by atoms with Gasteiger partial charge in [-0.15, -0.1) is 0 Å². The Morgan fingerprint density at radius 2 is 1.77 bits per heavy atom. The van der Waals surface area contributed by atoms with E-state index >= 15 is 0 Å². The fourth-order valence-corrected chi connectivity index (χ4v) is 3.56. The van der Waals surface area contributed by atoms with Crippen LogP contribution in [0.25, 0.3) is 0 Å². The monoisotopic (exact) mass is 323 g/mol. The third-order valence-electron chi connectivity index (χ3n) is 3.30. The second-order valence-corrected chi connectivity index (χ2v) is 7.22. The number of nitrogens with one attached hydrogen (secondary N) is 1. The highest BCUT2D eigenvalue weighted by Gasteiger charge is 2.28. The van der Waals surface area contributed by atoms with Crippen LogP contribution < -0.4 is 10.6 Å². The molecular weight excluding hydrogens is 302 g/mol. The number of aromatic nitrogens is 2. The first-order chi connectivity index (χ1) is 10.3. The number of nitrogens with zero attached hydrogens (tertiary/aromatic N) is 3. The average molecular weight is 323 g/mol. The lowest BCUT2D eigenvalue weighted by Gasteiger charge is -2.20. The SMILES string of the molecule is CN(C)CCN(C)c1n[nH]c(N)c1S(=O)(=O)c1ccccc1. The van der Waals surface area contributed by atoms with E-state index < -0.39 is 9.84 Å². The molecule has 0 unspecified atom stereocenters. The number of hydrogen-bond donors (Lipinski definition) is 2. The van der Waals surface area contributed by atoms with Gasteiger partial charge in [0.1, 0.15) is 5.82 Å². The molecule has 7 nitrogen and oxygen atoms in total. The molecule has 0 bridgehead atoms. The molecule has 0 aliphatic rings. The van der Waals surface area contributed by atoms with Crippen LogP contribution in [0, 0.1) is 0 Å². The van der Waals surface area contributed by atoms with E-state index in [1.165, 1.54) is 0 Å². The standard InChI is InChI=1S/C14H21N5O2S/c1-18(2)9-10-19(3)14-12(13(15)16-17-14)22(20,21)11-7-5-4-6-8-11/h4-8H,9-10H2,1-3H3,(H3,15,16,17). The molecule has 22 heavy (non-hydrogen) atoms. The van der Waals surface area contributed by atoms with Crippen LogP contribution in [0.5, 0.6) is 0 Å². The number of hydrogen-bond acceptors (Lipinski definition) is 6. The number of nitrogen functional groups attached to an aromatic ring is 1. The summed E-state index contributed by atoms with van der Waals surface area (Å²) in [6.07, 6.45) is 0. The van der Waals surface area contributed by atoms with Crippen LogP contribution in [0.15, 0.2) is 40.1 Å². The van der Waals surface area contributed by atoms with E-state index in [0.29, 0.717) is 12.4 Å². The molecule has 0 saturated carbocycles. The first kappa shape index (κ1) is 16.3. The molecule has 1 aromatic carbocycles. The lowest BCUT2D eigenvalue weighted by Crippen LogP contribution is -2.29. The maximum absolute atomic E-state index is 12.8. The van der Waals surface area contributed by atoms with Crippen LogP contribution in [0.4, 0.5) is 11.6 Å². The highest BCUT2D eigenvalue weighted by atomic mass is 32.2. The summed E-state index contributed by atoms with van der Waals surface area (Å²) < 4.78 is 25.6. The number of likely N-dealkylation sites (N-methyl/N-ethyl adjacent to an activating group) is 2. The predicted molar refractivity (Wildman–Crippen MR) is 86.7 cm³/mol. The Bertz CT molecular complexity index is 725. The first-order valence-electron chi connectivity index (χ1n) is 6.84. The van der Waals surface area contributed by atoms with Crippen molar-refractivity contribution in [1.82, 2.24) is 15.1 Å². The summed E-state index contributed by atoms with van der Waals surface area (Å²) in [5.41, 5.74) is 5.82. The van der Waals surface area contributed by atoms with Crippen molar-refractivity contribution in [2.45, 2.75) is 9.79 Å². The van der Waals surface area contributed by atoms with Crippen molar-refractivity contribution in [3.05, 3.63) is 30.3 Å². The van der Waals surface area contributed by atoms with Crippen molar-refractivity contribution in [1.29, 1.82) is 0 Å². The molecule has 0 amide bonds. The van der Waals surface area contributed by atoms with Crippen LogP contribution in [-0.2, 0) is 9.84 Å². The average Bonchev–Trinajstić information content (AvgIpc) is 2.88. The van der Waals surface area contributed by atoms with Crippen LogP contribution >= 0.6 is 0 Å². The van der Waals surface area contributed by atoms with E-state index in [2.05, 4.69) is 10.2 Å². The Kier molecular flexibility index (Phi) is 4.72. The van der Waals surface area contributed by atoms with Gasteiger partial charge < -0.3 is 15.5 Å². The summed E-state index contributed by atoms with van der Waals surface area (Å²) in [7, 11) is 1.99. The zero-order valence-corrected chi connectivity index (χ0v) is 13.8. The summed E-state index contributed by atoms with van der Waals surface area (Å²) in [6.45, 7) is 1.41. The van der Waals surface area contributed by atoms with E-state index in [1.54, 1.807) is 42.3 Å². The second kappa shape index (κ2) is 6.37. The van der Waals surface area contributed by atoms with Crippen molar-refractivity contribution in [2.24, 2.45) is 0 Å². The zero-order valence-electron chi connectivity index (χ0n) is 12.9. The fourth-order valence-electron chi connectivity index (χ4n) is 2.03. The molecule has 0 aliphatic heterocycles. The Morgan fingerprint density at radius 3 is 2.36 bits per heavy atom. The highest BCUT2D eigenvalue weighted by molar-refractivity contribution is 7.91. The molecule has 3 N–H and O–H groups in total. The minimum atomic E-state index is -3.71. The van der Waals surface area contributed by atoms with Crippen LogP contribution in [0.3, 0.4) is 0 Å². The summed E-state index contributed by atoms with van der Waals surface area (Å²) >= 11 is 0. The molecule has 0 saturated heterocycles. The van der Waals surface area contributed by atoms with Crippen molar-refractivity contribution < 1.29 is 8.42 Å². The quantitative estimate of drug-likeness (QED) is 0.817. The molecule has 0 atom stereocenters. The van der Waals surface area contributed by atoms with Crippen LogP contribution in [0.1, 0.15) is 0 Å². The number of nitrogens with two attached hydrogens (primary N) is 1. The normalized spacial score (nSPS) is 11.8. The molecular formula is C14H21N5O2S. The third kappa shape index (κ3) is 3.23. The van der Waals surface area contributed by atoms with E-state index in [4.69, 9.17) is 5.73 Å². The Labute approximate surface area is 130 Å². The molecule has 0 aliphatic carbocycles. The number of aromatic amines is 1. The first-order valence-corrected chi connectivity index (χ1v) is 8.32. The number of rotatable bonds is 6. The van der Waals surface area contributed by atoms with E-state index in [9.17, 15) is 8.42 Å². The number of sulfone groups is 1. The summed E-state index contributed by atoms with van der Waals surface area (Å²) in [4.78, 5) is 4.02. The van der Waals surface area contributed by atoms with Crippen molar-refractivity contribution >= 4 is 21.5 Å². The van der Waals surface area contributed by atoms with Crippen molar-refractivity contribution in [2.75, 3.05) is 44.9 Å². The third-order valence-corrected chi connectivity index (χ3v) is 5.13. The Hall–Kier alpha value is -2.06. The molecule has 0 spiro atoms. The molecule has 0 fully saturated rings. The summed E-state index contributed by atoms with van der Waals surface area (Å²) in [5, 5.41) is 6.64. The fraction of sp³-hybridized carbons (Fsp3) is 0.357. The van der Waals surface area contributed by atoms with Gasteiger partial charge in [0.2, 0.25) is 9.84 Å². The minimum Gasteiger partial charge on any atom is -0.383 e. The summed E-state index contributed by atoms with van der Waals surface area (Å²) in [6, 6.07) is 8.22. The van der Waals surface area contributed by atoms with Gasteiger partial charge in [-0.25, -0.2) is 8.42 Å². The van der Waals surface area contributed by atoms with Gasteiger partial charge in [-0.1, -0.05) is 18.2 Å². The second-order valence-electron chi connectivity index (χ2n) is 5.33. The lowest BCUT2D eigenvalue weighted by atomic mass is 10.4. The molecule has 8 heteroatoms. The maximum atomic E-state index is 12.8. The van der Waals surface area contributed by atoms with Gasteiger partial charge in [-0.05, 0) is 26.2 Å². The topological polar surface area (TPSA) is 95.3 Å². The molecule has 2 aromatic rings. The molecule has 1 heterocycles. The van der Waals surface area contributed by atoms with Crippen LogP contribution in [0.2, 0.25) is 0 Å².